The van der Waals surface area contributed by atoms with Crippen molar-refractivity contribution in [2.45, 2.75) is 30.1 Å². The average molecular weight is 318 g/mol. The van der Waals surface area contributed by atoms with Crippen LogP contribution in [-0.2, 0) is 16.3 Å². The Morgan fingerprint density at radius 1 is 1.09 bits per heavy atom. The summed E-state index contributed by atoms with van der Waals surface area (Å²) in [4.78, 5) is 0.214. The third kappa shape index (κ3) is 2.31. The van der Waals surface area contributed by atoms with Crippen molar-refractivity contribution in [1.29, 1.82) is 0 Å². The van der Waals surface area contributed by atoms with Crippen LogP contribution in [0, 0.1) is 12.7 Å². The lowest BCUT2D eigenvalue weighted by Gasteiger charge is -2.04. The molecule has 0 atom stereocenters. The lowest BCUT2D eigenvalue weighted by atomic mass is 10.1. The molecule has 2 aromatic carbocycles. The highest BCUT2D eigenvalue weighted by molar-refractivity contribution is 7.91. The van der Waals surface area contributed by atoms with Gasteiger partial charge in [-0.2, -0.15) is 0 Å². The fourth-order valence-corrected chi connectivity index (χ4v) is 4.13. The normalized spacial score (nSPS) is 12.0. The van der Waals surface area contributed by atoms with Crippen molar-refractivity contribution in [3.63, 3.8) is 0 Å². The van der Waals surface area contributed by atoms with Gasteiger partial charge in [0.15, 0.2) is 0 Å². The molecule has 0 saturated carbocycles. The van der Waals surface area contributed by atoms with Gasteiger partial charge in [-0.15, -0.1) is 0 Å². The van der Waals surface area contributed by atoms with E-state index in [4.69, 9.17) is 4.42 Å². The fourth-order valence-electron chi connectivity index (χ4n) is 2.53. The van der Waals surface area contributed by atoms with Gasteiger partial charge in [0.2, 0.25) is 9.84 Å². The number of aryl methyl sites for hydroxylation is 2. The summed E-state index contributed by atoms with van der Waals surface area (Å²) in [5.74, 6) is -0.131. The van der Waals surface area contributed by atoms with Crippen molar-refractivity contribution in [2.75, 3.05) is 0 Å². The first kappa shape index (κ1) is 14.8. The minimum Gasteiger partial charge on any atom is -0.460 e. The van der Waals surface area contributed by atoms with Crippen molar-refractivity contribution in [3.05, 3.63) is 59.6 Å². The van der Waals surface area contributed by atoms with Crippen LogP contribution in [0.2, 0.25) is 0 Å². The predicted octanol–water partition coefficient (Wildman–Crippen LogP) is 4.28. The van der Waals surface area contributed by atoms with Gasteiger partial charge in [-0.3, -0.25) is 0 Å². The zero-order valence-electron chi connectivity index (χ0n) is 12.3. The topological polar surface area (TPSA) is 47.3 Å². The third-order valence-corrected chi connectivity index (χ3v) is 5.61. The number of rotatable bonds is 3. The second-order valence-corrected chi connectivity index (χ2v) is 7.02. The summed E-state index contributed by atoms with van der Waals surface area (Å²) in [6.07, 6.45) is 0.802. The third-order valence-electron chi connectivity index (χ3n) is 3.67. The molecule has 0 aliphatic rings. The second-order valence-electron chi connectivity index (χ2n) is 5.13. The molecule has 1 heterocycles. The number of hydrogen-bond acceptors (Lipinski definition) is 3. The standard InChI is InChI=1S/C17H15FO3S/c1-3-12-4-9-16-15(10-12)17(11(2)21-16)22(19,20)14-7-5-13(18)6-8-14/h4-10H,3H2,1-2H3. The maximum atomic E-state index is 13.0. The number of furan rings is 1. The molecule has 5 heteroatoms. The molecule has 3 rings (SSSR count). The van der Waals surface area contributed by atoms with E-state index in [0.717, 1.165) is 24.1 Å². The van der Waals surface area contributed by atoms with Crippen LogP contribution >= 0.6 is 0 Å². The summed E-state index contributed by atoms with van der Waals surface area (Å²) in [5.41, 5.74) is 1.57. The SMILES string of the molecule is CCc1ccc2oc(C)c(S(=O)(=O)c3ccc(F)cc3)c2c1. The maximum absolute atomic E-state index is 13.0. The second kappa shape index (κ2) is 5.25. The molecule has 0 radical (unpaired) electrons. The molecule has 0 N–H and O–H groups in total. The molecular formula is C17H15FO3S. The zero-order chi connectivity index (χ0) is 15.9. The van der Waals surface area contributed by atoms with E-state index in [0.29, 0.717) is 16.7 Å². The lowest BCUT2D eigenvalue weighted by Crippen LogP contribution is -2.03. The first-order valence-corrected chi connectivity index (χ1v) is 8.44. The summed E-state index contributed by atoms with van der Waals surface area (Å²) in [7, 11) is -3.76. The number of hydrogen-bond donors (Lipinski definition) is 0. The van der Waals surface area contributed by atoms with E-state index in [1.165, 1.54) is 12.1 Å². The molecule has 0 unspecified atom stereocenters. The van der Waals surface area contributed by atoms with Crippen LogP contribution in [0.5, 0.6) is 0 Å². The molecular weight excluding hydrogens is 303 g/mol. The molecule has 0 amide bonds. The Labute approximate surface area is 128 Å². The number of sulfone groups is 1. The Bertz CT molecular complexity index is 938. The van der Waals surface area contributed by atoms with Crippen LogP contribution in [0.4, 0.5) is 4.39 Å². The van der Waals surface area contributed by atoms with Gasteiger partial charge in [0.1, 0.15) is 22.1 Å². The van der Waals surface area contributed by atoms with Crippen LogP contribution in [0.25, 0.3) is 11.0 Å². The predicted molar refractivity (Wildman–Crippen MR) is 82.2 cm³/mol. The van der Waals surface area contributed by atoms with Crippen LogP contribution in [0.1, 0.15) is 18.2 Å². The van der Waals surface area contributed by atoms with Gasteiger partial charge in [0.25, 0.3) is 0 Å². The van der Waals surface area contributed by atoms with E-state index < -0.39 is 15.7 Å². The van der Waals surface area contributed by atoms with Crippen molar-refractivity contribution in [1.82, 2.24) is 0 Å². The number of fused-ring (bicyclic) bond motifs is 1. The van der Waals surface area contributed by atoms with Crippen LogP contribution in [0.3, 0.4) is 0 Å². The summed E-state index contributed by atoms with van der Waals surface area (Å²) in [6.45, 7) is 3.63. The maximum Gasteiger partial charge on any atom is 0.210 e. The molecule has 0 bridgehead atoms. The van der Waals surface area contributed by atoms with Gasteiger partial charge in [-0.25, -0.2) is 12.8 Å². The highest BCUT2D eigenvalue weighted by atomic mass is 32.2. The average Bonchev–Trinajstić information content (AvgIpc) is 2.83. The lowest BCUT2D eigenvalue weighted by molar-refractivity contribution is 0.557. The summed E-state index contributed by atoms with van der Waals surface area (Å²) < 4.78 is 44.3. The van der Waals surface area contributed by atoms with Gasteiger partial charge < -0.3 is 4.42 Å². The van der Waals surface area contributed by atoms with Crippen LogP contribution in [0.15, 0.2) is 56.7 Å². The van der Waals surface area contributed by atoms with Crippen molar-refractivity contribution in [3.8, 4) is 0 Å². The Hall–Kier alpha value is -2.14. The molecule has 3 nitrogen and oxygen atoms in total. The Morgan fingerprint density at radius 2 is 1.77 bits per heavy atom. The van der Waals surface area contributed by atoms with E-state index in [1.807, 2.05) is 19.1 Å². The van der Waals surface area contributed by atoms with Gasteiger partial charge >= 0.3 is 0 Å². The molecule has 0 spiro atoms. The Kier molecular flexibility index (Phi) is 3.53. The highest BCUT2D eigenvalue weighted by Gasteiger charge is 2.26. The largest absolute Gasteiger partial charge is 0.460 e. The monoisotopic (exact) mass is 318 g/mol. The van der Waals surface area contributed by atoms with E-state index in [2.05, 4.69) is 0 Å². The van der Waals surface area contributed by atoms with Gasteiger partial charge in [-0.1, -0.05) is 13.0 Å². The first-order chi connectivity index (χ1) is 10.4. The molecule has 22 heavy (non-hydrogen) atoms. The highest BCUT2D eigenvalue weighted by Crippen LogP contribution is 2.34. The van der Waals surface area contributed by atoms with Gasteiger partial charge in [0.05, 0.1) is 4.90 Å². The van der Waals surface area contributed by atoms with E-state index in [1.54, 1.807) is 13.0 Å². The molecule has 0 fully saturated rings. The molecule has 0 aliphatic carbocycles. The first-order valence-electron chi connectivity index (χ1n) is 6.96. The Balaban J connectivity index is 2.28. The fraction of sp³-hybridized carbons (Fsp3) is 0.176. The minimum absolute atomic E-state index is 0.0570. The molecule has 114 valence electrons. The van der Waals surface area contributed by atoms with Gasteiger partial charge in [0, 0.05) is 5.39 Å². The van der Waals surface area contributed by atoms with E-state index >= 15 is 0 Å². The van der Waals surface area contributed by atoms with Crippen molar-refractivity contribution >= 4 is 20.8 Å². The summed E-state index contributed by atoms with van der Waals surface area (Å²) in [5, 5.41) is 0.571. The van der Waals surface area contributed by atoms with Crippen molar-refractivity contribution in [2.24, 2.45) is 0 Å². The molecule has 3 aromatic rings. The molecule has 1 aromatic heterocycles. The quantitative estimate of drug-likeness (QED) is 0.677. The zero-order valence-corrected chi connectivity index (χ0v) is 13.1. The van der Waals surface area contributed by atoms with Crippen molar-refractivity contribution < 1.29 is 17.2 Å². The number of halogens is 1. The van der Waals surface area contributed by atoms with E-state index in [9.17, 15) is 12.8 Å². The Morgan fingerprint density at radius 3 is 2.41 bits per heavy atom. The van der Waals surface area contributed by atoms with Crippen LogP contribution < -0.4 is 0 Å². The van der Waals surface area contributed by atoms with E-state index in [-0.39, 0.29) is 9.79 Å². The number of benzene rings is 2. The summed E-state index contributed by atoms with van der Waals surface area (Å²) >= 11 is 0. The van der Waals surface area contributed by atoms with Gasteiger partial charge in [-0.05, 0) is 55.3 Å². The molecule has 0 saturated heterocycles. The summed E-state index contributed by atoms with van der Waals surface area (Å²) in [6, 6.07) is 10.4. The molecule has 0 aliphatic heterocycles. The smallest absolute Gasteiger partial charge is 0.210 e. The minimum atomic E-state index is -3.76. The van der Waals surface area contributed by atoms with Crippen LogP contribution in [-0.4, -0.2) is 8.42 Å².